The van der Waals surface area contributed by atoms with E-state index in [1.807, 2.05) is 0 Å². The second kappa shape index (κ2) is 43.2. The topological polar surface area (TPSA) is 110 Å². The average molecular weight is 850 g/mol. The smallest absolute Gasteiger partial charge is 0.465 e. The maximum atomic E-state index is 12.9. The number of unbranched alkanes of at least 4 members (excludes halogenated alkanes) is 18. The van der Waals surface area contributed by atoms with Crippen LogP contribution in [-0.2, 0) is 38.0 Å². The number of carbonyl (C=O) groups excluding carboxylic acids is 3. The molecule has 1 saturated heterocycles. The summed E-state index contributed by atoms with van der Waals surface area (Å²) in [5.41, 5.74) is 0. The van der Waals surface area contributed by atoms with Gasteiger partial charge in [0.1, 0.15) is 19.8 Å². The quantitative estimate of drug-likeness (QED) is 0.0193. The minimum Gasteiger partial charge on any atom is -0.465 e. The van der Waals surface area contributed by atoms with Gasteiger partial charge < -0.3 is 33.3 Å². The van der Waals surface area contributed by atoms with Crippen molar-refractivity contribution in [1.29, 1.82) is 0 Å². The molecule has 10 nitrogen and oxygen atoms in total. The maximum Gasteiger partial charge on any atom is 0.508 e. The molecule has 0 radical (unpaired) electrons. The number of hydrogen-bond donors (Lipinski definition) is 0. The van der Waals surface area contributed by atoms with Crippen molar-refractivity contribution in [2.45, 2.75) is 213 Å². The van der Waals surface area contributed by atoms with E-state index in [0.717, 1.165) is 96.7 Å². The van der Waals surface area contributed by atoms with E-state index in [0.29, 0.717) is 26.1 Å². The molecule has 1 rings (SSSR count). The lowest BCUT2D eigenvalue weighted by atomic mass is 10.1. The van der Waals surface area contributed by atoms with Gasteiger partial charge in [-0.2, -0.15) is 0 Å². The number of esters is 2. The van der Waals surface area contributed by atoms with Crippen molar-refractivity contribution in [3.63, 3.8) is 0 Å². The van der Waals surface area contributed by atoms with Crippen LogP contribution in [0.2, 0.25) is 0 Å². The summed E-state index contributed by atoms with van der Waals surface area (Å²) in [6, 6.07) is 0. The lowest BCUT2D eigenvalue weighted by Gasteiger charge is -2.20. The van der Waals surface area contributed by atoms with Crippen LogP contribution < -0.4 is 0 Å². The first-order valence-corrected chi connectivity index (χ1v) is 24.8. The molecule has 1 heterocycles. The van der Waals surface area contributed by atoms with E-state index in [-0.39, 0.29) is 38.8 Å². The molecule has 0 N–H and O–H groups in total. The summed E-state index contributed by atoms with van der Waals surface area (Å²) >= 11 is 0. The van der Waals surface area contributed by atoms with E-state index in [4.69, 9.17) is 28.4 Å². The molecule has 0 bridgehead atoms. The Kier molecular flexibility index (Phi) is 40.0. The largest absolute Gasteiger partial charge is 0.508 e. The molecule has 1 fully saturated rings. The zero-order valence-corrected chi connectivity index (χ0v) is 39.0. The van der Waals surface area contributed by atoms with Gasteiger partial charge in [0.05, 0.1) is 18.9 Å². The minimum absolute atomic E-state index is 0.0139. The van der Waals surface area contributed by atoms with Crippen LogP contribution in [0, 0.1) is 5.92 Å². The number of nitrogens with zero attached hydrogens (tertiary/aromatic N) is 1. The van der Waals surface area contributed by atoms with Crippen LogP contribution >= 0.6 is 0 Å². The summed E-state index contributed by atoms with van der Waals surface area (Å²) in [7, 11) is 0. The van der Waals surface area contributed by atoms with Gasteiger partial charge in [-0.15, -0.1) is 0 Å². The Balaban J connectivity index is 2.49. The Labute approximate surface area is 367 Å². The van der Waals surface area contributed by atoms with Crippen LogP contribution in [0.3, 0.4) is 0 Å². The number of likely N-dealkylation sites (tertiary alicyclic amines) is 1. The molecule has 350 valence electrons. The van der Waals surface area contributed by atoms with Crippen molar-refractivity contribution in [1.82, 2.24) is 4.90 Å². The van der Waals surface area contributed by atoms with Crippen LogP contribution in [0.25, 0.3) is 0 Å². The van der Waals surface area contributed by atoms with Gasteiger partial charge in [-0.3, -0.25) is 9.59 Å². The lowest BCUT2D eigenvalue weighted by Crippen LogP contribution is -2.27. The first-order chi connectivity index (χ1) is 29.5. The summed E-state index contributed by atoms with van der Waals surface area (Å²) in [5.74, 6) is -1.20. The average Bonchev–Trinajstić information content (AvgIpc) is 3.78. The van der Waals surface area contributed by atoms with Crippen molar-refractivity contribution in [3.8, 4) is 0 Å². The predicted octanol–water partition coefficient (Wildman–Crippen LogP) is 13.0. The van der Waals surface area contributed by atoms with Crippen LogP contribution in [0.5, 0.6) is 0 Å². The van der Waals surface area contributed by atoms with Gasteiger partial charge in [0, 0.05) is 32.6 Å². The normalized spacial score (nSPS) is 13.8. The predicted molar refractivity (Wildman–Crippen MR) is 244 cm³/mol. The Bertz CT molecular complexity index is 1030. The number of ether oxygens (including phenoxy) is 6. The molecule has 0 aliphatic carbocycles. The third-order valence-corrected chi connectivity index (χ3v) is 11.0. The molecule has 0 saturated carbocycles. The van der Waals surface area contributed by atoms with Crippen molar-refractivity contribution in [3.05, 3.63) is 24.3 Å². The van der Waals surface area contributed by atoms with Crippen molar-refractivity contribution >= 4 is 18.1 Å². The molecular formula is C50H91NO9. The molecule has 0 aromatic rings. The molecule has 0 spiro atoms. The fourth-order valence-corrected chi connectivity index (χ4v) is 7.11. The second-order valence-corrected chi connectivity index (χ2v) is 16.8. The molecule has 60 heavy (non-hydrogen) atoms. The highest BCUT2D eigenvalue weighted by atomic mass is 16.7. The molecule has 0 aromatic carbocycles. The van der Waals surface area contributed by atoms with E-state index in [9.17, 15) is 14.4 Å². The van der Waals surface area contributed by atoms with Gasteiger partial charge in [0.15, 0.2) is 6.29 Å². The van der Waals surface area contributed by atoms with Crippen molar-refractivity contribution < 1.29 is 42.8 Å². The molecule has 0 aromatic heterocycles. The second-order valence-electron chi connectivity index (χ2n) is 16.8. The zero-order valence-electron chi connectivity index (χ0n) is 39.0. The highest BCUT2D eigenvalue weighted by Crippen LogP contribution is 2.14. The summed E-state index contributed by atoms with van der Waals surface area (Å²) < 4.78 is 34.1. The fraction of sp³-hybridized carbons (Fsp3) is 0.860. The van der Waals surface area contributed by atoms with Gasteiger partial charge in [-0.05, 0) is 83.7 Å². The molecule has 1 aliphatic rings. The van der Waals surface area contributed by atoms with Crippen LogP contribution in [0.15, 0.2) is 24.3 Å². The Morgan fingerprint density at radius 3 is 1.58 bits per heavy atom. The Morgan fingerprint density at radius 1 is 0.500 bits per heavy atom. The number of allylic oxidation sites excluding steroid dienone is 4. The molecule has 1 atom stereocenters. The molecule has 10 heteroatoms. The fourth-order valence-electron chi connectivity index (χ4n) is 7.11. The molecule has 1 aliphatic heterocycles. The summed E-state index contributed by atoms with van der Waals surface area (Å²) in [6.45, 7) is 11.1. The van der Waals surface area contributed by atoms with Gasteiger partial charge >= 0.3 is 18.1 Å². The van der Waals surface area contributed by atoms with E-state index in [2.05, 4.69) is 50.0 Å². The first kappa shape index (κ1) is 55.6. The van der Waals surface area contributed by atoms with E-state index < -0.39 is 24.3 Å². The summed E-state index contributed by atoms with van der Waals surface area (Å²) in [4.78, 5) is 40.4. The standard InChI is InChI=1S/C50H91NO9/c1-4-7-10-13-16-17-18-19-20-21-22-23-24-25-28-34-47(52)58-43-46(45-60-50(54)57-42-33-39-51-37-29-30-38-51)44-59-48(53)35-36-49(55-40-31-26-14-11-8-5-2)56-41-32-27-15-12-9-6-3/h16-17,19-20,46,49H,4-15,18,21-45H2,1-3H3. The van der Waals surface area contributed by atoms with Crippen LogP contribution in [-0.4, -0.2) is 88.6 Å². The van der Waals surface area contributed by atoms with Crippen molar-refractivity contribution in [2.75, 3.05) is 59.3 Å². The highest BCUT2D eigenvalue weighted by Gasteiger charge is 2.20. The van der Waals surface area contributed by atoms with E-state index in [1.165, 1.54) is 89.9 Å². The molecule has 1 unspecified atom stereocenters. The lowest BCUT2D eigenvalue weighted by molar-refractivity contribution is -0.161. The number of rotatable bonds is 43. The number of carbonyl (C=O) groups is 3. The first-order valence-electron chi connectivity index (χ1n) is 24.8. The van der Waals surface area contributed by atoms with E-state index in [1.54, 1.807) is 0 Å². The number of hydrogen-bond acceptors (Lipinski definition) is 10. The monoisotopic (exact) mass is 850 g/mol. The molecular weight excluding hydrogens is 759 g/mol. The van der Waals surface area contributed by atoms with Crippen molar-refractivity contribution in [2.24, 2.45) is 5.92 Å². The van der Waals surface area contributed by atoms with E-state index >= 15 is 0 Å². The molecule has 0 amide bonds. The summed E-state index contributed by atoms with van der Waals surface area (Å²) in [5, 5.41) is 0. The Hall–Kier alpha value is -2.43. The Morgan fingerprint density at radius 2 is 0.983 bits per heavy atom. The third-order valence-electron chi connectivity index (χ3n) is 11.0. The SMILES string of the molecule is CCCCCC=CCC=CCCCCCCCC(=O)OCC(COC(=O)CCC(OCCCCCCCC)OCCCCCCCC)COC(=O)OCCCN1CCCC1. The minimum atomic E-state index is -0.767. The maximum absolute atomic E-state index is 12.9. The van der Waals surface area contributed by atoms with Crippen LogP contribution in [0.4, 0.5) is 4.79 Å². The van der Waals surface area contributed by atoms with Crippen LogP contribution in [0.1, 0.15) is 207 Å². The third kappa shape index (κ3) is 37.3. The van der Waals surface area contributed by atoms with Gasteiger partial charge in [0.25, 0.3) is 0 Å². The highest BCUT2D eigenvalue weighted by molar-refractivity contribution is 5.69. The zero-order chi connectivity index (χ0) is 43.4. The van der Waals surface area contributed by atoms with Gasteiger partial charge in [-0.25, -0.2) is 4.79 Å². The summed E-state index contributed by atoms with van der Waals surface area (Å²) in [6.07, 6.45) is 38.3. The van der Waals surface area contributed by atoms with Gasteiger partial charge in [-0.1, -0.05) is 141 Å². The van der Waals surface area contributed by atoms with Gasteiger partial charge in [0.2, 0.25) is 0 Å².